The molecule has 1 aromatic carbocycles. The van der Waals surface area contributed by atoms with Gasteiger partial charge in [-0.05, 0) is 91.9 Å². The summed E-state index contributed by atoms with van der Waals surface area (Å²) in [5.41, 5.74) is 4.96. The van der Waals surface area contributed by atoms with E-state index in [1.54, 1.807) is 0 Å². The first-order valence-electron chi connectivity index (χ1n) is 12.3. The first-order chi connectivity index (χ1) is 17.2. The molecule has 0 radical (unpaired) electrons. The number of aromatic nitrogens is 1. The lowest BCUT2D eigenvalue weighted by Crippen LogP contribution is -2.36. The molecule has 6 nitrogen and oxygen atoms in total. The topological polar surface area (TPSA) is 73.5 Å². The number of hydrogen-bond acceptors (Lipinski definition) is 6. The highest BCUT2D eigenvalue weighted by molar-refractivity contribution is 8.01. The van der Waals surface area contributed by atoms with E-state index in [1.165, 1.54) is 17.6 Å². The number of ether oxygens (including phenoxy) is 1. The van der Waals surface area contributed by atoms with Gasteiger partial charge in [0.05, 0.1) is 13.2 Å². The molecule has 0 saturated carbocycles. The van der Waals surface area contributed by atoms with E-state index in [4.69, 9.17) is 4.74 Å². The van der Waals surface area contributed by atoms with Crippen LogP contribution in [0, 0.1) is 11.3 Å². The Labute approximate surface area is 219 Å². The van der Waals surface area contributed by atoms with Gasteiger partial charge in [0.15, 0.2) is 0 Å². The standard InChI is InChI=1S/C29H38N4O2S/c1-7-25(33-13-16-35-17-14-33)19-23-8-9-24(18-21(23)2)27-11-10-26(32(27)6)22(3)28(20-30)36-31-29(4,5)12-15-34/h7-11,18-19,31,34H,2,12-17H2,1,3-6H3/b23-19-,25-7?,28-22+. The second kappa shape index (κ2) is 12.5. The van der Waals surface area contributed by atoms with Crippen molar-refractivity contribution in [3.63, 3.8) is 0 Å². The molecule has 1 fully saturated rings. The molecule has 2 aromatic rings. The van der Waals surface area contributed by atoms with Crippen LogP contribution in [0.25, 0.3) is 29.5 Å². The van der Waals surface area contributed by atoms with Crippen LogP contribution >= 0.6 is 11.9 Å². The van der Waals surface area contributed by atoms with Crippen LogP contribution in [0.15, 0.2) is 47.0 Å². The Hall–Kier alpha value is -2.76. The van der Waals surface area contributed by atoms with Crippen LogP contribution in [-0.2, 0) is 11.8 Å². The van der Waals surface area contributed by atoms with Gasteiger partial charge in [0, 0.05) is 49.4 Å². The number of rotatable bonds is 9. The number of morpholine rings is 1. The fourth-order valence-corrected chi connectivity index (χ4v) is 5.02. The molecule has 1 aromatic heterocycles. The fraction of sp³-hybridized carbons (Fsp3) is 0.414. The van der Waals surface area contributed by atoms with Gasteiger partial charge < -0.3 is 19.3 Å². The van der Waals surface area contributed by atoms with Crippen LogP contribution in [0.4, 0.5) is 0 Å². The van der Waals surface area contributed by atoms with Crippen LogP contribution in [0.3, 0.4) is 0 Å². The summed E-state index contributed by atoms with van der Waals surface area (Å²) in [7, 11) is 2.02. The zero-order chi connectivity index (χ0) is 26.3. The monoisotopic (exact) mass is 506 g/mol. The van der Waals surface area contributed by atoms with E-state index in [2.05, 4.69) is 76.2 Å². The molecule has 1 saturated heterocycles. The normalized spacial score (nSPS) is 16.2. The summed E-state index contributed by atoms with van der Waals surface area (Å²) >= 11 is 1.32. The number of allylic oxidation sites excluding steroid dienone is 4. The zero-order valence-electron chi connectivity index (χ0n) is 22.1. The molecule has 0 atom stereocenters. The lowest BCUT2D eigenvalue weighted by Gasteiger charge is -2.29. The van der Waals surface area contributed by atoms with Crippen molar-refractivity contribution in [2.24, 2.45) is 7.05 Å². The van der Waals surface area contributed by atoms with E-state index in [-0.39, 0.29) is 12.1 Å². The van der Waals surface area contributed by atoms with Crippen molar-refractivity contribution in [2.75, 3.05) is 32.9 Å². The van der Waals surface area contributed by atoms with Crippen molar-refractivity contribution in [3.8, 4) is 17.3 Å². The Morgan fingerprint density at radius 3 is 2.61 bits per heavy atom. The van der Waals surface area contributed by atoms with Gasteiger partial charge >= 0.3 is 0 Å². The maximum atomic E-state index is 9.80. The van der Waals surface area contributed by atoms with E-state index in [0.717, 1.165) is 59.3 Å². The van der Waals surface area contributed by atoms with Gasteiger partial charge in [0.1, 0.15) is 11.0 Å². The summed E-state index contributed by atoms with van der Waals surface area (Å²) in [6.07, 6.45) is 4.94. The number of aliphatic hydroxyl groups is 1. The van der Waals surface area contributed by atoms with Crippen molar-refractivity contribution in [3.05, 3.63) is 63.1 Å². The summed E-state index contributed by atoms with van der Waals surface area (Å²) < 4.78 is 10.9. The molecular formula is C29H38N4O2S. The lowest BCUT2D eigenvalue weighted by molar-refractivity contribution is 0.0561. The smallest absolute Gasteiger partial charge is 0.108 e. The molecule has 7 heteroatoms. The molecule has 36 heavy (non-hydrogen) atoms. The van der Waals surface area contributed by atoms with Crippen molar-refractivity contribution in [1.29, 1.82) is 5.26 Å². The van der Waals surface area contributed by atoms with Gasteiger partial charge in [0.25, 0.3) is 0 Å². The van der Waals surface area contributed by atoms with Crippen LogP contribution in [0.5, 0.6) is 0 Å². The summed E-state index contributed by atoms with van der Waals surface area (Å²) in [5, 5.41) is 21.1. The Morgan fingerprint density at radius 1 is 1.28 bits per heavy atom. The van der Waals surface area contributed by atoms with Crippen molar-refractivity contribution in [1.82, 2.24) is 14.2 Å². The third kappa shape index (κ3) is 6.71. The molecule has 0 aliphatic carbocycles. The largest absolute Gasteiger partial charge is 0.396 e. The Kier molecular flexibility index (Phi) is 9.63. The van der Waals surface area contributed by atoms with Crippen LogP contribution in [0.2, 0.25) is 0 Å². The molecule has 3 rings (SSSR count). The van der Waals surface area contributed by atoms with E-state index in [0.29, 0.717) is 11.3 Å². The molecule has 2 N–H and O–H groups in total. The summed E-state index contributed by atoms with van der Waals surface area (Å²) in [6, 6.07) is 12.9. The van der Waals surface area contributed by atoms with Gasteiger partial charge in [-0.2, -0.15) is 5.26 Å². The molecule has 1 aliphatic heterocycles. The number of nitriles is 1. The molecule has 2 heterocycles. The molecule has 1 aliphatic rings. The van der Waals surface area contributed by atoms with Gasteiger partial charge in [0.2, 0.25) is 0 Å². The minimum absolute atomic E-state index is 0.0976. The molecule has 192 valence electrons. The molecular weight excluding hydrogens is 468 g/mol. The van der Waals surface area contributed by atoms with Gasteiger partial charge in [-0.25, -0.2) is 0 Å². The minimum atomic E-state index is -0.279. The SMILES string of the molecule is C=c1cc(-c2ccc(/C(C)=C(\C#N)SNC(C)(C)CCO)n2C)cc/c1=C/C(=CC)N1CCOCC1. The van der Waals surface area contributed by atoms with E-state index in [9.17, 15) is 10.4 Å². The van der Waals surface area contributed by atoms with Crippen molar-refractivity contribution in [2.45, 2.75) is 39.7 Å². The average molecular weight is 507 g/mol. The van der Waals surface area contributed by atoms with E-state index < -0.39 is 0 Å². The van der Waals surface area contributed by atoms with Crippen molar-refractivity contribution < 1.29 is 9.84 Å². The highest BCUT2D eigenvalue weighted by atomic mass is 32.2. The first-order valence-corrected chi connectivity index (χ1v) is 13.1. The van der Waals surface area contributed by atoms with Crippen LogP contribution < -0.4 is 15.2 Å². The highest BCUT2D eigenvalue weighted by Crippen LogP contribution is 2.30. The summed E-state index contributed by atoms with van der Waals surface area (Å²) in [6.45, 7) is 15.8. The van der Waals surface area contributed by atoms with E-state index >= 15 is 0 Å². The number of aliphatic hydroxyl groups excluding tert-OH is 1. The van der Waals surface area contributed by atoms with E-state index in [1.807, 2.05) is 27.8 Å². The Bertz CT molecular complexity index is 1280. The van der Waals surface area contributed by atoms with Crippen LogP contribution in [-0.4, -0.2) is 53.0 Å². The third-order valence-electron chi connectivity index (χ3n) is 6.53. The number of nitrogens with one attached hydrogen (secondary N) is 1. The van der Waals surface area contributed by atoms with Crippen LogP contribution in [0.1, 0.15) is 39.8 Å². The second-order valence-electron chi connectivity index (χ2n) is 9.66. The Morgan fingerprint density at radius 2 is 2.00 bits per heavy atom. The number of benzene rings is 1. The molecule has 0 spiro atoms. The first kappa shape index (κ1) is 27.8. The van der Waals surface area contributed by atoms with Crippen molar-refractivity contribution >= 4 is 30.2 Å². The van der Waals surface area contributed by atoms with Gasteiger partial charge in [-0.15, -0.1) is 0 Å². The average Bonchev–Trinajstić information content (AvgIpc) is 3.25. The molecule has 0 amide bonds. The maximum Gasteiger partial charge on any atom is 0.108 e. The quantitative estimate of drug-likeness (QED) is 0.398. The number of nitrogens with zero attached hydrogens (tertiary/aromatic N) is 3. The zero-order valence-corrected chi connectivity index (χ0v) is 22.9. The fourth-order valence-electron chi connectivity index (χ4n) is 4.24. The minimum Gasteiger partial charge on any atom is -0.396 e. The third-order valence-corrected chi connectivity index (χ3v) is 7.78. The summed E-state index contributed by atoms with van der Waals surface area (Å²) in [4.78, 5) is 2.96. The molecule has 0 bridgehead atoms. The maximum absolute atomic E-state index is 9.80. The second-order valence-corrected chi connectivity index (χ2v) is 10.5. The summed E-state index contributed by atoms with van der Waals surface area (Å²) in [5.74, 6) is 0. The highest BCUT2D eigenvalue weighted by Gasteiger charge is 2.19. The van der Waals surface area contributed by atoms with Gasteiger partial charge in [-0.1, -0.05) is 24.8 Å². The predicted octanol–water partition coefficient (Wildman–Crippen LogP) is 3.77. The van der Waals surface area contributed by atoms with Gasteiger partial charge in [-0.3, -0.25) is 4.72 Å². The Balaban J connectivity index is 1.88. The predicted molar refractivity (Wildman–Crippen MR) is 151 cm³/mol. The molecule has 0 unspecified atom stereocenters. The number of hydrogen-bond donors (Lipinski definition) is 2. The lowest BCUT2D eigenvalue weighted by atomic mass is 10.0.